The van der Waals surface area contributed by atoms with Crippen LogP contribution in [0.2, 0.25) is 0 Å². The van der Waals surface area contributed by atoms with E-state index >= 15 is 0 Å². The molecular formula is C16H22BrNO2. The van der Waals surface area contributed by atoms with Crippen molar-refractivity contribution in [1.82, 2.24) is 0 Å². The van der Waals surface area contributed by atoms with Gasteiger partial charge in [0.1, 0.15) is 0 Å². The monoisotopic (exact) mass is 339 g/mol. The summed E-state index contributed by atoms with van der Waals surface area (Å²) >= 11 is 3.41. The van der Waals surface area contributed by atoms with Crippen LogP contribution >= 0.6 is 15.9 Å². The first kappa shape index (κ1) is 15.4. The fourth-order valence-corrected chi connectivity index (χ4v) is 3.54. The molecule has 1 aromatic carbocycles. The zero-order chi connectivity index (χ0) is 14.9. The average molecular weight is 340 g/mol. The van der Waals surface area contributed by atoms with E-state index < -0.39 is 11.9 Å². The van der Waals surface area contributed by atoms with Crippen molar-refractivity contribution in [2.45, 2.75) is 45.4 Å². The molecule has 1 saturated carbocycles. The van der Waals surface area contributed by atoms with Crippen LogP contribution in [-0.4, -0.2) is 11.1 Å². The van der Waals surface area contributed by atoms with Crippen LogP contribution in [0.5, 0.6) is 0 Å². The number of nitrogens with two attached hydrogens (primary N) is 1. The summed E-state index contributed by atoms with van der Waals surface area (Å²) in [4.78, 5) is 11.8. The minimum Gasteiger partial charge on any atom is -0.481 e. The minimum absolute atomic E-state index is 0.178. The molecule has 20 heavy (non-hydrogen) atoms. The fourth-order valence-electron chi connectivity index (χ4n) is 3.16. The Bertz CT molecular complexity index is 503. The maximum Gasteiger partial charge on any atom is 0.311 e. The van der Waals surface area contributed by atoms with Crippen LogP contribution in [-0.2, 0) is 4.79 Å². The van der Waals surface area contributed by atoms with E-state index in [2.05, 4.69) is 29.8 Å². The van der Waals surface area contributed by atoms with Crippen LogP contribution in [0.25, 0.3) is 0 Å². The molecule has 3 nitrogen and oxygen atoms in total. The smallest absolute Gasteiger partial charge is 0.311 e. The predicted octanol–water partition coefficient (Wildman–Crippen LogP) is 4.42. The summed E-state index contributed by atoms with van der Waals surface area (Å²) in [6, 6.07) is 5.48. The van der Waals surface area contributed by atoms with Gasteiger partial charge in [0.05, 0.1) is 5.92 Å². The standard InChI is InChI=1S/C16H22BrNO2/c1-16(2)7-5-10(6-8-16)14(15(19)20)12-9-11(17)3-4-13(12)18/h3-4,9-10,14H,5-8,18H2,1-2H3,(H,19,20). The van der Waals surface area contributed by atoms with Gasteiger partial charge in [0.2, 0.25) is 0 Å². The Hall–Kier alpha value is -1.03. The second kappa shape index (κ2) is 5.76. The molecule has 1 unspecified atom stereocenters. The number of hydrogen-bond donors (Lipinski definition) is 2. The number of halogens is 1. The van der Waals surface area contributed by atoms with Crippen LogP contribution in [0, 0.1) is 11.3 Å². The number of rotatable bonds is 3. The van der Waals surface area contributed by atoms with Crippen LogP contribution in [0.1, 0.15) is 51.0 Å². The summed E-state index contributed by atoms with van der Waals surface area (Å²) < 4.78 is 0.879. The Labute approximate surface area is 128 Å². The van der Waals surface area contributed by atoms with Crippen molar-refractivity contribution in [3.05, 3.63) is 28.2 Å². The molecule has 1 aromatic rings. The molecule has 0 saturated heterocycles. The summed E-state index contributed by atoms with van der Waals surface area (Å²) in [7, 11) is 0. The number of aliphatic carboxylic acids is 1. The normalized spacial score (nSPS) is 20.6. The number of anilines is 1. The van der Waals surface area contributed by atoms with E-state index in [1.165, 1.54) is 0 Å². The Balaban J connectivity index is 2.28. The van der Waals surface area contributed by atoms with Gasteiger partial charge < -0.3 is 10.8 Å². The molecule has 110 valence electrons. The first-order valence-corrected chi connectivity index (χ1v) is 7.87. The average Bonchev–Trinajstić information content (AvgIpc) is 2.35. The lowest BCUT2D eigenvalue weighted by Crippen LogP contribution is -2.29. The number of nitrogen functional groups attached to an aromatic ring is 1. The Morgan fingerprint density at radius 3 is 2.55 bits per heavy atom. The third-order valence-corrected chi connectivity index (χ3v) is 5.00. The van der Waals surface area contributed by atoms with Crippen molar-refractivity contribution in [2.24, 2.45) is 11.3 Å². The van der Waals surface area contributed by atoms with E-state index in [1.807, 2.05) is 12.1 Å². The molecular weight excluding hydrogens is 318 g/mol. The van der Waals surface area contributed by atoms with Gasteiger partial charge in [-0.05, 0) is 60.8 Å². The zero-order valence-corrected chi connectivity index (χ0v) is 13.6. The van der Waals surface area contributed by atoms with Gasteiger partial charge in [-0.1, -0.05) is 29.8 Å². The van der Waals surface area contributed by atoms with Crippen molar-refractivity contribution in [3.63, 3.8) is 0 Å². The molecule has 0 aromatic heterocycles. The number of hydrogen-bond acceptors (Lipinski definition) is 2. The second-order valence-corrected chi connectivity index (χ2v) is 7.51. The van der Waals surface area contributed by atoms with Crippen molar-refractivity contribution in [3.8, 4) is 0 Å². The summed E-state index contributed by atoms with van der Waals surface area (Å²) in [6.45, 7) is 4.51. The maximum absolute atomic E-state index is 11.8. The predicted molar refractivity (Wildman–Crippen MR) is 84.7 cm³/mol. The fraction of sp³-hybridized carbons (Fsp3) is 0.562. The van der Waals surface area contributed by atoms with Gasteiger partial charge in [0.15, 0.2) is 0 Å². The van der Waals surface area contributed by atoms with Gasteiger partial charge in [-0.25, -0.2) is 0 Å². The summed E-state index contributed by atoms with van der Waals surface area (Å²) in [5.41, 5.74) is 7.66. The number of benzene rings is 1. The topological polar surface area (TPSA) is 63.3 Å². The molecule has 4 heteroatoms. The Morgan fingerprint density at radius 2 is 2.00 bits per heavy atom. The van der Waals surface area contributed by atoms with Gasteiger partial charge in [0, 0.05) is 10.2 Å². The van der Waals surface area contributed by atoms with Gasteiger partial charge in [-0.15, -0.1) is 0 Å². The lowest BCUT2D eigenvalue weighted by molar-refractivity contribution is -0.140. The highest BCUT2D eigenvalue weighted by atomic mass is 79.9. The third-order valence-electron chi connectivity index (χ3n) is 4.51. The molecule has 1 atom stereocenters. The lowest BCUT2D eigenvalue weighted by atomic mass is 9.68. The largest absolute Gasteiger partial charge is 0.481 e. The van der Waals surface area contributed by atoms with Gasteiger partial charge >= 0.3 is 5.97 Å². The van der Waals surface area contributed by atoms with Crippen molar-refractivity contribution in [2.75, 3.05) is 5.73 Å². The van der Waals surface area contributed by atoms with Crippen LogP contribution in [0.4, 0.5) is 5.69 Å². The lowest BCUT2D eigenvalue weighted by Gasteiger charge is -2.37. The minimum atomic E-state index is -0.764. The first-order chi connectivity index (χ1) is 9.30. The maximum atomic E-state index is 11.8. The molecule has 0 spiro atoms. The molecule has 3 N–H and O–H groups in total. The van der Waals surface area contributed by atoms with E-state index in [0.29, 0.717) is 11.1 Å². The summed E-state index contributed by atoms with van der Waals surface area (Å²) in [6.07, 6.45) is 4.07. The van der Waals surface area contributed by atoms with Gasteiger partial charge in [0.25, 0.3) is 0 Å². The molecule has 0 radical (unpaired) electrons. The number of carboxylic acid groups (broad SMARTS) is 1. The Kier molecular flexibility index (Phi) is 4.43. The molecule has 0 bridgehead atoms. The molecule has 0 amide bonds. The van der Waals surface area contributed by atoms with E-state index in [-0.39, 0.29) is 5.92 Å². The van der Waals surface area contributed by atoms with Crippen LogP contribution < -0.4 is 5.73 Å². The summed E-state index contributed by atoms with van der Waals surface area (Å²) in [5, 5.41) is 9.65. The van der Waals surface area contributed by atoms with Gasteiger partial charge in [-0.2, -0.15) is 0 Å². The van der Waals surface area contributed by atoms with E-state index in [0.717, 1.165) is 35.7 Å². The molecule has 1 aliphatic rings. The van der Waals surface area contributed by atoms with E-state index in [9.17, 15) is 9.90 Å². The first-order valence-electron chi connectivity index (χ1n) is 7.08. The van der Waals surface area contributed by atoms with Crippen molar-refractivity contribution >= 4 is 27.6 Å². The molecule has 2 rings (SSSR count). The second-order valence-electron chi connectivity index (χ2n) is 6.59. The molecule has 1 fully saturated rings. The third kappa shape index (κ3) is 3.35. The Morgan fingerprint density at radius 1 is 1.40 bits per heavy atom. The van der Waals surface area contributed by atoms with Crippen molar-refractivity contribution < 1.29 is 9.90 Å². The molecule has 0 heterocycles. The molecule has 1 aliphatic carbocycles. The quantitative estimate of drug-likeness (QED) is 0.801. The molecule has 0 aliphatic heterocycles. The highest BCUT2D eigenvalue weighted by molar-refractivity contribution is 9.10. The SMILES string of the molecule is CC1(C)CCC(C(C(=O)O)c2cc(Br)ccc2N)CC1. The van der Waals surface area contributed by atoms with E-state index in [1.54, 1.807) is 6.07 Å². The van der Waals surface area contributed by atoms with Crippen LogP contribution in [0.15, 0.2) is 22.7 Å². The van der Waals surface area contributed by atoms with Crippen LogP contribution in [0.3, 0.4) is 0 Å². The highest BCUT2D eigenvalue weighted by Gasteiger charge is 2.36. The van der Waals surface area contributed by atoms with Crippen molar-refractivity contribution in [1.29, 1.82) is 0 Å². The van der Waals surface area contributed by atoms with E-state index in [4.69, 9.17) is 5.73 Å². The number of carbonyl (C=O) groups is 1. The van der Waals surface area contributed by atoms with Gasteiger partial charge in [-0.3, -0.25) is 4.79 Å². The summed E-state index contributed by atoms with van der Waals surface area (Å²) in [5.74, 6) is -1.08. The highest BCUT2D eigenvalue weighted by Crippen LogP contribution is 2.45. The number of carboxylic acids is 1. The zero-order valence-electron chi connectivity index (χ0n) is 12.0.